The fourth-order valence-electron chi connectivity index (χ4n) is 2.68. The van der Waals surface area contributed by atoms with E-state index in [2.05, 4.69) is 6.92 Å². The minimum Gasteiger partial charge on any atom is -0.462 e. The van der Waals surface area contributed by atoms with Crippen LogP contribution in [0.3, 0.4) is 0 Å². The lowest BCUT2D eigenvalue weighted by Crippen LogP contribution is -2.60. The van der Waals surface area contributed by atoms with Crippen molar-refractivity contribution in [3.8, 4) is 5.75 Å². The van der Waals surface area contributed by atoms with Crippen LogP contribution in [0.2, 0.25) is 0 Å². The maximum absolute atomic E-state index is 10.0. The van der Waals surface area contributed by atoms with Gasteiger partial charge in [0, 0.05) is 0 Å². The number of rotatable bonds is 7. The summed E-state index contributed by atoms with van der Waals surface area (Å²) in [6, 6.07) is 7.47. The molecule has 0 radical (unpaired) electrons. The number of benzene rings is 1. The number of ether oxygens (including phenoxy) is 2. The van der Waals surface area contributed by atoms with Gasteiger partial charge in [-0.3, -0.25) is 0 Å². The number of unbranched alkanes of at least 4 members (excludes halogenated alkanes) is 2. The topological polar surface area (TPSA) is 99.4 Å². The van der Waals surface area contributed by atoms with Gasteiger partial charge >= 0.3 is 0 Å². The highest BCUT2D eigenvalue weighted by Crippen LogP contribution is 2.27. The highest BCUT2D eigenvalue weighted by molar-refractivity contribution is 5.33. The van der Waals surface area contributed by atoms with Crippen LogP contribution in [-0.4, -0.2) is 57.7 Å². The van der Waals surface area contributed by atoms with Crippen molar-refractivity contribution in [2.24, 2.45) is 0 Å². The predicted molar refractivity (Wildman–Crippen MR) is 84.1 cm³/mol. The summed E-state index contributed by atoms with van der Waals surface area (Å²) in [4.78, 5) is 0. The van der Waals surface area contributed by atoms with Gasteiger partial charge in [0.2, 0.25) is 6.29 Å². The third-order valence-corrected chi connectivity index (χ3v) is 4.11. The molecule has 1 aliphatic rings. The number of aliphatic hydroxyl groups is 4. The minimum atomic E-state index is -1.43. The average molecular weight is 326 g/mol. The molecule has 0 spiro atoms. The van der Waals surface area contributed by atoms with Crippen molar-refractivity contribution < 1.29 is 29.9 Å². The van der Waals surface area contributed by atoms with Gasteiger partial charge in [-0.25, -0.2) is 0 Å². The Morgan fingerprint density at radius 2 is 1.78 bits per heavy atom. The Morgan fingerprint density at radius 1 is 1.04 bits per heavy atom. The van der Waals surface area contributed by atoms with E-state index >= 15 is 0 Å². The van der Waals surface area contributed by atoms with E-state index in [4.69, 9.17) is 9.47 Å². The van der Waals surface area contributed by atoms with Crippen LogP contribution in [0, 0.1) is 0 Å². The van der Waals surface area contributed by atoms with E-state index < -0.39 is 37.3 Å². The first-order valence-corrected chi connectivity index (χ1v) is 8.13. The summed E-state index contributed by atoms with van der Waals surface area (Å²) in [5.41, 5.74) is 0.998. The summed E-state index contributed by atoms with van der Waals surface area (Å²) >= 11 is 0. The van der Waals surface area contributed by atoms with E-state index in [0.29, 0.717) is 5.75 Å². The lowest BCUT2D eigenvalue weighted by atomic mass is 9.99. The molecule has 4 N–H and O–H groups in total. The van der Waals surface area contributed by atoms with Gasteiger partial charge in [0.15, 0.2) is 0 Å². The van der Waals surface area contributed by atoms with Crippen LogP contribution < -0.4 is 4.74 Å². The predicted octanol–water partition coefficient (Wildman–Crippen LogP) is 0.598. The van der Waals surface area contributed by atoms with Crippen LogP contribution in [0.5, 0.6) is 5.75 Å². The first-order chi connectivity index (χ1) is 11.1. The Kier molecular flexibility index (Phi) is 6.80. The van der Waals surface area contributed by atoms with E-state index in [1.54, 1.807) is 6.07 Å². The zero-order chi connectivity index (χ0) is 16.8. The highest BCUT2D eigenvalue weighted by Gasteiger charge is 2.44. The number of aliphatic hydroxyl groups excluding tert-OH is 4. The molecule has 1 aliphatic heterocycles. The molecule has 23 heavy (non-hydrogen) atoms. The van der Waals surface area contributed by atoms with Gasteiger partial charge in [-0.2, -0.15) is 0 Å². The summed E-state index contributed by atoms with van der Waals surface area (Å²) in [7, 11) is 0. The summed E-state index contributed by atoms with van der Waals surface area (Å²) < 4.78 is 11.1. The van der Waals surface area contributed by atoms with Crippen LogP contribution in [0.15, 0.2) is 24.3 Å². The fourth-order valence-corrected chi connectivity index (χ4v) is 2.68. The fraction of sp³-hybridized carbons (Fsp3) is 0.647. The quantitative estimate of drug-likeness (QED) is 0.548. The molecule has 1 fully saturated rings. The Hall–Kier alpha value is -1.18. The molecule has 0 aromatic heterocycles. The normalized spacial score (nSPS) is 31.1. The van der Waals surface area contributed by atoms with E-state index in [0.717, 1.165) is 31.2 Å². The zero-order valence-corrected chi connectivity index (χ0v) is 13.3. The van der Waals surface area contributed by atoms with Gasteiger partial charge in [0.1, 0.15) is 30.2 Å². The minimum absolute atomic E-state index is 0.469. The van der Waals surface area contributed by atoms with Crippen LogP contribution in [0.1, 0.15) is 31.7 Å². The summed E-state index contributed by atoms with van der Waals surface area (Å²) in [6.07, 6.45) is -2.19. The van der Waals surface area contributed by atoms with Crippen molar-refractivity contribution in [2.45, 2.75) is 63.3 Å². The first-order valence-electron chi connectivity index (χ1n) is 8.13. The molecule has 1 aromatic rings. The molecule has 0 saturated carbocycles. The molecule has 1 heterocycles. The summed E-state index contributed by atoms with van der Waals surface area (Å²) in [6.45, 7) is 1.67. The van der Waals surface area contributed by atoms with Gasteiger partial charge < -0.3 is 29.9 Å². The molecular weight excluding hydrogens is 300 g/mol. The third kappa shape index (κ3) is 4.43. The standard InChI is InChI=1S/C17H26O6/c1-2-3-4-7-11-8-5-6-9-12(11)22-17-16(21)15(20)14(19)13(10-18)23-17/h5-6,8-9,13-21H,2-4,7,10H2,1H3/t13-,14-,15+,16+,17?/m1/s1. The van der Waals surface area contributed by atoms with Crippen LogP contribution >= 0.6 is 0 Å². The molecule has 0 bridgehead atoms. The molecule has 5 atom stereocenters. The number of hydrogen-bond acceptors (Lipinski definition) is 6. The largest absolute Gasteiger partial charge is 0.462 e. The van der Waals surface area contributed by atoms with Crippen molar-refractivity contribution in [3.05, 3.63) is 29.8 Å². The Balaban J connectivity index is 2.08. The second-order valence-corrected chi connectivity index (χ2v) is 5.88. The van der Waals surface area contributed by atoms with Crippen LogP contribution in [0.4, 0.5) is 0 Å². The van der Waals surface area contributed by atoms with Gasteiger partial charge in [0.05, 0.1) is 6.61 Å². The molecule has 0 aliphatic carbocycles. The number of aryl methyl sites for hydroxylation is 1. The first kappa shape index (κ1) is 18.2. The average Bonchev–Trinajstić information content (AvgIpc) is 2.57. The van der Waals surface area contributed by atoms with Crippen molar-refractivity contribution in [3.63, 3.8) is 0 Å². The third-order valence-electron chi connectivity index (χ3n) is 4.11. The maximum atomic E-state index is 10.0. The van der Waals surface area contributed by atoms with Crippen molar-refractivity contribution in [1.82, 2.24) is 0 Å². The molecule has 1 aromatic carbocycles. The molecule has 6 heteroatoms. The SMILES string of the molecule is CCCCCc1ccccc1OC1O[C@H](CO)[C@@H](O)[C@H](O)[C@@H]1O. The van der Waals surface area contributed by atoms with Gasteiger partial charge in [0.25, 0.3) is 0 Å². The van der Waals surface area contributed by atoms with E-state index in [1.807, 2.05) is 18.2 Å². The molecule has 1 unspecified atom stereocenters. The molecule has 2 rings (SSSR count). The van der Waals surface area contributed by atoms with Gasteiger partial charge in [-0.1, -0.05) is 38.0 Å². The summed E-state index contributed by atoms with van der Waals surface area (Å²) in [5, 5.41) is 38.9. The smallest absolute Gasteiger partial charge is 0.229 e. The second kappa shape index (κ2) is 8.61. The second-order valence-electron chi connectivity index (χ2n) is 5.88. The van der Waals surface area contributed by atoms with E-state index in [9.17, 15) is 20.4 Å². The van der Waals surface area contributed by atoms with Gasteiger partial charge in [-0.05, 0) is 24.5 Å². The number of para-hydroxylation sites is 1. The Bertz CT molecular complexity index is 478. The molecule has 130 valence electrons. The zero-order valence-electron chi connectivity index (χ0n) is 13.3. The number of hydrogen-bond donors (Lipinski definition) is 4. The lowest BCUT2D eigenvalue weighted by molar-refractivity contribution is -0.277. The monoisotopic (exact) mass is 326 g/mol. The summed E-state index contributed by atoms with van der Waals surface area (Å²) in [5.74, 6) is 0.577. The highest BCUT2D eigenvalue weighted by atomic mass is 16.7. The van der Waals surface area contributed by atoms with Gasteiger partial charge in [-0.15, -0.1) is 0 Å². The Morgan fingerprint density at radius 3 is 2.48 bits per heavy atom. The Labute approximate surface area is 136 Å². The van der Waals surface area contributed by atoms with E-state index in [-0.39, 0.29) is 0 Å². The van der Waals surface area contributed by atoms with Crippen molar-refractivity contribution in [2.75, 3.05) is 6.61 Å². The maximum Gasteiger partial charge on any atom is 0.229 e. The molecule has 6 nitrogen and oxygen atoms in total. The van der Waals surface area contributed by atoms with Crippen molar-refractivity contribution in [1.29, 1.82) is 0 Å². The molecule has 1 saturated heterocycles. The van der Waals surface area contributed by atoms with Crippen LogP contribution in [-0.2, 0) is 11.2 Å². The molecule has 0 amide bonds. The van der Waals surface area contributed by atoms with Crippen molar-refractivity contribution >= 4 is 0 Å². The lowest BCUT2D eigenvalue weighted by Gasteiger charge is -2.39. The van der Waals surface area contributed by atoms with E-state index in [1.165, 1.54) is 0 Å². The molecular formula is C17H26O6. The van der Waals surface area contributed by atoms with Crippen LogP contribution in [0.25, 0.3) is 0 Å².